The molecule has 0 spiro atoms. The number of hydrogen-bond acceptors (Lipinski definition) is 2. The molecule has 2 atom stereocenters. The Morgan fingerprint density at radius 2 is 1.79 bits per heavy atom. The van der Waals surface area contributed by atoms with E-state index < -0.39 is 5.97 Å². The van der Waals surface area contributed by atoms with Crippen molar-refractivity contribution >= 4 is 11.9 Å². The fourth-order valence-electron chi connectivity index (χ4n) is 2.92. The number of carboxylic acid groups (broad SMARTS) is 1. The van der Waals surface area contributed by atoms with Crippen molar-refractivity contribution in [3.8, 4) is 0 Å². The van der Waals surface area contributed by atoms with Crippen molar-refractivity contribution in [2.75, 3.05) is 6.54 Å². The van der Waals surface area contributed by atoms with E-state index >= 15 is 0 Å². The van der Waals surface area contributed by atoms with Crippen molar-refractivity contribution in [1.29, 1.82) is 0 Å². The predicted molar refractivity (Wildman–Crippen MR) is 72.7 cm³/mol. The number of amides is 1. The molecule has 2 aliphatic rings. The van der Waals surface area contributed by atoms with Gasteiger partial charge in [0.15, 0.2) is 0 Å². The molecule has 108 valence electrons. The Kier molecular flexibility index (Phi) is 4.48. The van der Waals surface area contributed by atoms with E-state index in [1.54, 1.807) is 0 Å². The number of hydrogen-bond donors (Lipinski definition) is 1. The summed E-state index contributed by atoms with van der Waals surface area (Å²) >= 11 is 0. The second-order valence-corrected chi connectivity index (χ2v) is 6.49. The molecule has 2 rings (SSSR count). The molecule has 2 aliphatic carbocycles. The Hall–Kier alpha value is -1.06. The maximum Gasteiger partial charge on any atom is 0.306 e. The minimum Gasteiger partial charge on any atom is -0.481 e. The molecule has 4 heteroatoms. The van der Waals surface area contributed by atoms with E-state index in [1.165, 1.54) is 0 Å². The van der Waals surface area contributed by atoms with Crippen molar-refractivity contribution in [1.82, 2.24) is 4.90 Å². The van der Waals surface area contributed by atoms with Gasteiger partial charge in [-0.3, -0.25) is 9.59 Å². The predicted octanol–water partition coefficient (Wildman–Crippen LogP) is 2.52. The van der Waals surface area contributed by atoms with Crippen LogP contribution in [0.5, 0.6) is 0 Å². The standard InChI is InChI=1S/C15H25NO3/c1-10(2)7-8-16(13-5-6-13)14(17)11-3-4-12(9-11)15(18)19/h10-13H,3-9H2,1-2H3,(H,18,19)/t11-,12+/m1/s1. The summed E-state index contributed by atoms with van der Waals surface area (Å²) < 4.78 is 0. The average molecular weight is 267 g/mol. The monoisotopic (exact) mass is 267 g/mol. The first-order valence-corrected chi connectivity index (χ1v) is 7.52. The largest absolute Gasteiger partial charge is 0.481 e. The van der Waals surface area contributed by atoms with E-state index in [-0.39, 0.29) is 17.7 Å². The lowest BCUT2D eigenvalue weighted by atomic mass is 10.0. The molecule has 1 amide bonds. The molecule has 0 bridgehead atoms. The van der Waals surface area contributed by atoms with Gasteiger partial charge in [0.1, 0.15) is 0 Å². The highest BCUT2D eigenvalue weighted by Crippen LogP contribution is 2.36. The van der Waals surface area contributed by atoms with E-state index in [4.69, 9.17) is 5.11 Å². The lowest BCUT2D eigenvalue weighted by Gasteiger charge is -2.26. The van der Waals surface area contributed by atoms with Crippen LogP contribution in [0, 0.1) is 17.8 Å². The van der Waals surface area contributed by atoms with Crippen LogP contribution >= 0.6 is 0 Å². The first-order chi connectivity index (χ1) is 8.99. The number of carbonyl (C=O) groups is 2. The van der Waals surface area contributed by atoms with Gasteiger partial charge in [-0.05, 0) is 44.4 Å². The fourth-order valence-corrected chi connectivity index (χ4v) is 2.92. The summed E-state index contributed by atoms with van der Waals surface area (Å²) in [6, 6.07) is 0.440. The van der Waals surface area contributed by atoms with Crippen LogP contribution in [0.1, 0.15) is 52.4 Å². The van der Waals surface area contributed by atoms with E-state index in [2.05, 4.69) is 13.8 Å². The van der Waals surface area contributed by atoms with Crippen molar-refractivity contribution < 1.29 is 14.7 Å². The average Bonchev–Trinajstić information content (AvgIpc) is 3.05. The summed E-state index contributed by atoms with van der Waals surface area (Å²) in [5, 5.41) is 9.02. The lowest BCUT2D eigenvalue weighted by Crippen LogP contribution is -2.38. The van der Waals surface area contributed by atoms with Crippen molar-refractivity contribution in [2.45, 2.75) is 58.4 Å². The normalized spacial score (nSPS) is 26.7. The van der Waals surface area contributed by atoms with Gasteiger partial charge in [-0.2, -0.15) is 0 Å². The summed E-state index contributed by atoms with van der Waals surface area (Å²) in [4.78, 5) is 25.6. The third-order valence-electron chi connectivity index (χ3n) is 4.35. The zero-order valence-electron chi connectivity index (χ0n) is 12.0. The van der Waals surface area contributed by atoms with Crippen LogP contribution < -0.4 is 0 Å². The van der Waals surface area contributed by atoms with E-state index in [0.717, 1.165) is 32.2 Å². The van der Waals surface area contributed by atoms with Crippen LogP contribution in [-0.4, -0.2) is 34.5 Å². The van der Waals surface area contributed by atoms with Gasteiger partial charge in [-0.25, -0.2) is 0 Å². The van der Waals surface area contributed by atoms with Crippen molar-refractivity contribution in [2.24, 2.45) is 17.8 Å². The third-order valence-corrected chi connectivity index (χ3v) is 4.35. The Bertz CT molecular complexity index is 349. The van der Waals surface area contributed by atoms with Crippen LogP contribution in [-0.2, 0) is 9.59 Å². The van der Waals surface area contributed by atoms with Gasteiger partial charge in [0, 0.05) is 18.5 Å². The van der Waals surface area contributed by atoms with Crippen LogP contribution in [0.25, 0.3) is 0 Å². The third kappa shape index (κ3) is 3.71. The van der Waals surface area contributed by atoms with Crippen LogP contribution in [0.3, 0.4) is 0 Å². The molecule has 1 N–H and O–H groups in total. The van der Waals surface area contributed by atoms with Crippen molar-refractivity contribution in [3.05, 3.63) is 0 Å². The smallest absolute Gasteiger partial charge is 0.306 e. The first kappa shape index (κ1) is 14.4. The molecule has 0 aromatic heterocycles. The summed E-state index contributed by atoms with van der Waals surface area (Å²) in [6.45, 7) is 5.19. The van der Waals surface area contributed by atoms with Gasteiger partial charge in [0.2, 0.25) is 5.91 Å². The number of nitrogens with zero attached hydrogens (tertiary/aromatic N) is 1. The molecule has 0 saturated heterocycles. The summed E-state index contributed by atoms with van der Waals surface area (Å²) in [5.41, 5.74) is 0. The van der Waals surface area contributed by atoms with Crippen LogP contribution in [0.2, 0.25) is 0 Å². The van der Waals surface area contributed by atoms with E-state index in [9.17, 15) is 9.59 Å². The minimum atomic E-state index is -0.740. The highest BCUT2D eigenvalue weighted by molar-refractivity contribution is 5.81. The highest BCUT2D eigenvalue weighted by Gasteiger charge is 2.40. The zero-order valence-corrected chi connectivity index (χ0v) is 12.0. The van der Waals surface area contributed by atoms with Gasteiger partial charge < -0.3 is 10.0 Å². The van der Waals surface area contributed by atoms with E-state index in [0.29, 0.717) is 24.8 Å². The molecule has 0 aliphatic heterocycles. The number of rotatable bonds is 6. The number of carbonyl (C=O) groups excluding carboxylic acids is 1. The maximum absolute atomic E-state index is 12.5. The SMILES string of the molecule is CC(C)CCN(C(=O)[C@@H]1CC[C@H](C(=O)O)C1)C1CC1. The molecule has 0 unspecified atom stereocenters. The Balaban J connectivity index is 1.90. The second-order valence-electron chi connectivity index (χ2n) is 6.49. The molecule has 19 heavy (non-hydrogen) atoms. The first-order valence-electron chi connectivity index (χ1n) is 7.52. The minimum absolute atomic E-state index is 0.0473. The molecule has 0 radical (unpaired) electrons. The molecule has 0 aromatic carbocycles. The summed E-state index contributed by atoms with van der Waals surface area (Å²) in [7, 11) is 0. The summed E-state index contributed by atoms with van der Waals surface area (Å²) in [6.07, 6.45) is 5.24. The second kappa shape index (κ2) is 5.93. The molecule has 2 fully saturated rings. The highest BCUT2D eigenvalue weighted by atomic mass is 16.4. The Morgan fingerprint density at radius 1 is 1.16 bits per heavy atom. The van der Waals surface area contributed by atoms with Crippen LogP contribution in [0.15, 0.2) is 0 Å². The number of aliphatic carboxylic acids is 1. The molecule has 2 saturated carbocycles. The number of carboxylic acids is 1. The molecular formula is C15H25NO3. The van der Waals surface area contributed by atoms with Gasteiger partial charge in [-0.1, -0.05) is 13.8 Å². The van der Waals surface area contributed by atoms with Gasteiger partial charge >= 0.3 is 5.97 Å². The molecule has 0 aromatic rings. The Labute approximate surface area is 115 Å². The zero-order chi connectivity index (χ0) is 14.0. The quantitative estimate of drug-likeness (QED) is 0.804. The molecular weight excluding hydrogens is 242 g/mol. The molecule has 4 nitrogen and oxygen atoms in total. The topological polar surface area (TPSA) is 57.6 Å². The Morgan fingerprint density at radius 3 is 2.26 bits per heavy atom. The molecule has 0 heterocycles. The fraction of sp³-hybridized carbons (Fsp3) is 0.867. The van der Waals surface area contributed by atoms with Crippen LogP contribution in [0.4, 0.5) is 0 Å². The van der Waals surface area contributed by atoms with Gasteiger partial charge in [0.25, 0.3) is 0 Å². The van der Waals surface area contributed by atoms with Crippen molar-refractivity contribution in [3.63, 3.8) is 0 Å². The summed E-state index contributed by atoms with van der Waals surface area (Å²) in [5.74, 6) is -0.277. The van der Waals surface area contributed by atoms with Gasteiger partial charge in [0.05, 0.1) is 5.92 Å². The lowest BCUT2D eigenvalue weighted by molar-refractivity contribution is -0.141. The van der Waals surface area contributed by atoms with Gasteiger partial charge in [-0.15, -0.1) is 0 Å². The maximum atomic E-state index is 12.5. The van der Waals surface area contributed by atoms with E-state index in [1.807, 2.05) is 4.90 Å².